The number of allylic oxidation sites excluding steroid dienone is 22. The molecule has 0 heterocycles. The summed E-state index contributed by atoms with van der Waals surface area (Å²) < 4.78 is 68.5. The van der Waals surface area contributed by atoms with Crippen LogP contribution < -0.4 is 0 Å². The number of carbonyl (C=O) groups is 4. The molecule has 0 bridgehead atoms. The lowest BCUT2D eigenvalue weighted by Gasteiger charge is -2.21. The van der Waals surface area contributed by atoms with Crippen molar-refractivity contribution < 1.29 is 80.2 Å². The van der Waals surface area contributed by atoms with Crippen molar-refractivity contribution in [3.05, 3.63) is 134 Å². The highest BCUT2D eigenvalue weighted by Gasteiger charge is 2.30. The van der Waals surface area contributed by atoms with Crippen LogP contribution in [0.3, 0.4) is 0 Å². The van der Waals surface area contributed by atoms with Gasteiger partial charge in [-0.25, -0.2) is 9.13 Å². The second-order valence-corrected chi connectivity index (χ2v) is 28.8. The zero-order chi connectivity index (χ0) is 74.6. The number of hydrogen-bond donors (Lipinski definition) is 3. The molecular weight excluding hydrogens is 1330 g/mol. The molecule has 0 spiro atoms. The first-order valence-corrected chi connectivity index (χ1v) is 42.4. The third kappa shape index (κ3) is 73.5. The molecule has 0 aromatic carbocycles. The van der Waals surface area contributed by atoms with Gasteiger partial charge < -0.3 is 33.8 Å². The summed E-state index contributed by atoms with van der Waals surface area (Å²) >= 11 is 0. The second kappa shape index (κ2) is 74.5. The first-order chi connectivity index (χ1) is 49.7. The monoisotopic (exact) mass is 1470 g/mol. The van der Waals surface area contributed by atoms with Gasteiger partial charge in [-0.15, -0.1) is 0 Å². The van der Waals surface area contributed by atoms with Crippen molar-refractivity contribution in [2.24, 2.45) is 0 Å². The predicted octanol–water partition coefficient (Wildman–Crippen LogP) is 22.9. The predicted molar refractivity (Wildman–Crippen MR) is 418 cm³/mol. The van der Waals surface area contributed by atoms with Gasteiger partial charge in [-0.1, -0.05) is 277 Å². The lowest BCUT2D eigenvalue weighted by Crippen LogP contribution is -2.30. The number of ether oxygens (including phenoxy) is 4. The Morgan fingerprint density at radius 2 is 0.510 bits per heavy atom. The minimum Gasteiger partial charge on any atom is -0.462 e. The summed E-state index contributed by atoms with van der Waals surface area (Å²) in [6.07, 6.45) is 83.0. The Hall–Kier alpha value is -4.80. The molecule has 17 nitrogen and oxygen atoms in total. The van der Waals surface area contributed by atoms with E-state index < -0.39 is 97.5 Å². The van der Waals surface area contributed by atoms with Crippen LogP contribution in [0.1, 0.15) is 310 Å². The molecule has 0 aliphatic heterocycles. The standard InChI is InChI=1S/C83H140O17P2/c1-5-9-13-17-21-25-29-32-35-37-38-40-43-45-49-52-56-60-64-68-81(86)94-74-79(100-83(88)70-66-62-58-54-50-46-41-34-31-27-23-19-15-11-7-3)76-98-102(91,92)96-72-77(84)71-95-101(89,90)97-75-78(99-82(87)69-65-61-57-53-47-28-24-20-16-12-8-4)73-93-80(85)67-63-59-55-51-48-44-42-39-36-33-30-26-22-18-14-10-6-2/h10-11,14-15,21-23,25-27,32-36,38,40-42,44,50,54,77-79,84H,5-9,12-13,16-20,24,28-31,37,39,43,45-49,51-53,55-76H2,1-4H3,(H,89,90)(H,91,92)/b14-10-,15-11-,25-21-,26-22-,27-23-,35-32-,36-33-,40-38-,41-34-,44-42-,54-50-. The second-order valence-electron chi connectivity index (χ2n) is 25.9. The minimum absolute atomic E-state index is 0.0366. The lowest BCUT2D eigenvalue weighted by atomic mass is 10.1. The van der Waals surface area contributed by atoms with Crippen molar-refractivity contribution in [1.82, 2.24) is 0 Å². The van der Waals surface area contributed by atoms with E-state index in [4.69, 9.17) is 37.0 Å². The zero-order valence-electron chi connectivity index (χ0n) is 63.7. The van der Waals surface area contributed by atoms with E-state index >= 15 is 0 Å². The highest BCUT2D eigenvalue weighted by Crippen LogP contribution is 2.45. The molecule has 0 amide bonds. The highest BCUT2D eigenvalue weighted by atomic mass is 31.2. The van der Waals surface area contributed by atoms with Crippen molar-refractivity contribution in [2.45, 2.75) is 329 Å². The van der Waals surface area contributed by atoms with Crippen LogP contribution in [0.2, 0.25) is 0 Å². The Morgan fingerprint density at radius 3 is 0.824 bits per heavy atom. The lowest BCUT2D eigenvalue weighted by molar-refractivity contribution is -0.161. The maximum absolute atomic E-state index is 13.1. The van der Waals surface area contributed by atoms with Gasteiger partial charge in [0.15, 0.2) is 12.2 Å². The van der Waals surface area contributed by atoms with Crippen LogP contribution in [0.25, 0.3) is 0 Å². The largest absolute Gasteiger partial charge is 0.472 e. The van der Waals surface area contributed by atoms with Gasteiger partial charge in [-0.3, -0.25) is 37.3 Å². The number of carbonyl (C=O) groups excluding carboxylic acids is 4. The topological polar surface area (TPSA) is 237 Å². The maximum atomic E-state index is 13.1. The molecule has 5 atom stereocenters. The summed E-state index contributed by atoms with van der Waals surface area (Å²) in [4.78, 5) is 72.9. The van der Waals surface area contributed by atoms with E-state index in [0.29, 0.717) is 32.1 Å². The summed E-state index contributed by atoms with van der Waals surface area (Å²) in [5, 5.41) is 10.6. The highest BCUT2D eigenvalue weighted by molar-refractivity contribution is 7.47. The summed E-state index contributed by atoms with van der Waals surface area (Å²) in [6, 6.07) is 0. The van der Waals surface area contributed by atoms with E-state index in [1.54, 1.807) is 0 Å². The Labute approximate surface area is 618 Å². The van der Waals surface area contributed by atoms with Crippen LogP contribution in [0.4, 0.5) is 0 Å². The first-order valence-electron chi connectivity index (χ1n) is 39.4. The average molecular weight is 1470 g/mol. The molecule has 0 fully saturated rings. The molecule has 0 aromatic heterocycles. The Balaban J connectivity index is 5.38. The normalized spacial score (nSPS) is 14.6. The smallest absolute Gasteiger partial charge is 0.462 e. The molecule has 584 valence electrons. The van der Waals surface area contributed by atoms with Gasteiger partial charge in [-0.2, -0.15) is 0 Å². The Morgan fingerprint density at radius 1 is 0.284 bits per heavy atom. The number of unbranched alkanes of at least 4 members (excludes halogenated alkanes) is 25. The number of esters is 4. The summed E-state index contributed by atoms with van der Waals surface area (Å²) in [7, 11) is -9.98. The summed E-state index contributed by atoms with van der Waals surface area (Å²) in [5.41, 5.74) is 0. The van der Waals surface area contributed by atoms with Gasteiger partial charge in [0.25, 0.3) is 0 Å². The number of rotatable bonds is 73. The van der Waals surface area contributed by atoms with Gasteiger partial charge in [0.05, 0.1) is 26.4 Å². The van der Waals surface area contributed by atoms with Gasteiger partial charge in [-0.05, 0) is 141 Å². The SMILES string of the molecule is CC/C=C\C/C=C\C/C=C\C/C=C\CCCCCCC(=O)OCC(COP(=O)(O)OCC(O)COP(=O)(O)OCC(COC(=O)CCCCCCCC/C=C\C/C=C\C/C=C\CCCCC)OC(=O)CCCC/C=C\C/C=C\C/C=C\C/C=C\CC)OC(=O)CCCCCCCCCCCCC. The van der Waals surface area contributed by atoms with Crippen LogP contribution >= 0.6 is 15.6 Å². The third-order valence-corrected chi connectivity index (χ3v) is 18.0. The fourth-order valence-corrected chi connectivity index (χ4v) is 11.7. The van der Waals surface area contributed by atoms with Gasteiger partial charge in [0.2, 0.25) is 0 Å². The fraction of sp³-hybridized carbons (Fsp3) is 0.687. The van der Waals surface area contributed by atoms with Crippen molar-refractivity contribution >= 4 is 39.5 Å². The summed E-state index contributed by atoms with van der Waals surface area (Å²) in [6.45, 7) is 4.53. The van der Waals surface area contributed by atoms with Crippen LogP contribution in [0, 0.1) is 0 Å². The van der Waals surface area contributed by atoms with Crippen molar-refractivity contribution in [3.8, 4) is 0 Å². The summed E-state index contributed by atoms with van der Waals surface area (Å²) in [5.74, 6) is -2.26. The Kier molecular flexibility index (Phi) is 71.0. The van der Waals surface area contributed by atoms with Crippen LogP contribution in [0.5, 0.6) is 0 Å². The molecule has 0 aromatic rings. The molecule has 102 heavy (non-hydrogen) atoms. The number of hydrogen-bond acceptors (Lipinski definition) is 15. The van der Waals surface area contributed by atoms with Gasteiger partial charge in [0, 0.05) is 25.7 Å². The average Bonchev–Trinajstić information content (AvgIpc) is 0.926. The molecule has 0 saturated carbocycles. The zero-order valence-corrected chi connectivity index (χ0v) is 65.5. The van der Waals surface area contributed by atoms with Gasteiger partial charge in [0.1, 0.15) is 19.3 Å². The van der Waals surface area contributed by atoms with E-state index in [1.165, 1.54) is 57.8 Å². The van der Waals surface area contributed by atoms with Gasteiger partial charge >= 0.3 is 39.5 Å². The fourth-order valence-electron chi connectivity index (χ4n) is 10.1. The van der Waals surface area contributed by atoms with Crippen molar-refractivity contribution in [3.63, 3.8) is 0 Å². The maximum Gasteiger partial charge on any atom is 0.472 e. The van der Waals surface area contributed by atoms with E-state index in [0.717, 1.165) is 167 Å². The molecule has 0 aliphatic carbocycles. The van der Waals surface area contributed by atoms with E-state index in [2.05, 4.69) is 161 Å². The first kappa shape index (κ1) is 97.2. The third-order valence-electron chi connectivity index (χ3n) is 16.1. The number of aliphatic hydroxyl groups is 1. The number of aliphatic hydroxyl groups excluding tert-OH is 1. The number of phosphoric ester groups is 2. The van der Waals surface area contributed by atoms with E-state index in [9.17, 15) is 43.2 Å². The molecule has 3 N–H and O–H groups in total. The van der Waals surface area contributed by atoms with Crippen LogP contribution in [-0.4, -0.2) is 96.7 Å². The Bertz CT molecular complexity index is 2460. The molecule has 0 aliphatic rings. The van der Waals surface area contributed by atoms with Crippen molar-refractivity contribution in [2.75, 3.05) is 39.6 Å². The van der Waals surface area contributed by atoms with Crippen LogP contribution in [0.15, 0.2) is 134 Å². The van der Waals surface area contributed by atoms with Crippen LogP contribution in [-0.2, 0) is 65.4 Å². The van der Waals surface area contributed by atoms with Crippen molar-refractivity contribution in [1.29, 1.82) is 0 Å². The molecule has 19 heteroatoms. The molecule has 0 radical (unpaired) electrons. The quantitative estimate of drug-likeness (QED) is 0.0169. The molecule has 5 unspecified atom stereocenters. The minimum atomic E-state index is -4.99. The molecule has 0 rings (SSSR count). The molecular formula is C83H140O17P2. The van der Waals surface area contributed by atoms with E-state index in [-0.39, 0.29) is 25.7 Å². The van der Waals surface area contributed by atoms with E-state index in [1.807, 2.05) is 0 Å². The molecule has 0 saturated heterocycles. The number of phosphoric acid groups is 2.